The van der Waals surface area contributed by atoms with Gasteiger partial charge >= 0.3 is 0 Å². The average Bonchev–Trinajstić information content (AvgIpc) is 2.30. The van der Waals surface area contributed by atoms with E-state index in [1.807, 2.05) is 24.3 Å². The minimum absolute atomic E-state index is 0.272. The molecule has 1 atom stereocenters. The second-order valence-corrected chi connectivity index (χ2v) is 5.21. The summed E-state index contributed by atoms with van der Waals surface area (Å²) >= 11 is 7.52. The predicted octanol–water partition coefficient (Wildman–Crippen LogP) is 3.35. The molecule has 0 spiro atoms. The molecule has 0 saturated heterocycles. The Labute approximate surface area is 105 Å². The molecule has 0 bridgehead atoms. The quantitative estimate of drug-likeness (QED) is 0.280. The van der Waals surface area contributed by atoms with Crippen LogP contribution in [0, 0.1) is 0 Å². The molecule has 1 unspecified atom stereocenters. The lowest BCUT2D eigenvalue weighted by Crippen LogP contribution is -2.18. The largest absolute Gasteiger partial charge is 0.409 e. The lowest BCUT2D eigenvalue weighted by atomic mass is 10.2. The summed E-state index contributed by atoms with van der Waals surface area (Å²) in [7, 11) is 0. The van der Waals surface area contributed by atoms with E-state index in [0.717, 1.165) is 16.3 Å². The molecule has 3 nitrogen and oxygen atoms in total. The van der Waals surface area contributed by atoms with E-state index in [-0.39, 0.29) is 5.84 Å². The van der Waals surface area contributed by atoms with Gasteiger partial charge in [0.1, 0.15) is 5.84 Å². The predicted molar refractivity (Wildman–Crippen MR) is 69.4 cm³/mol. The first-order valence-electron chi connectivity index (χ1n) is 5.04. The Bertz CT molecular complexity index is 354. The van der Waals surface area contributed by atoms with Gasteiger partial charge in [-0.2, -0.15) is 0 Å². The van der Waals surface area contributed by atoms with E-state index in [4.69, 9.17) is 22.5 Å². The number of thioether (sulfide) groups is 1. The van der Waals surface area contributed by atoms with E-state index in [1.165, 1.54) is 0 Å². The molecule has 1 aromatic rings. The van der Waals surface area contributed by atoms with Crippen molar-refractivity contribution in [2.45, 2.75) is 29.9 Å². The highest BCUT2D eigenvalue weighted by atomic mass is 35.5. The number of benzene rings is 1. The molecule has 1 aromatic carbocycles. The molecule has 88 valence electrons. The maximum atomic E-state index is 8.52. The highest BCUT2D eigenvalue weighted by Crippen LogP contribution is 2.28. The summed E-state index contributed by atoms with van der Waals surface area (Å²) in [6.07, 6.45) is 1.55. The number of hydrogen-bond acceptors (Lipinski definition) is 3. The number of rotatable bonds is 5. The third-order valence-corrected chi connectivity index (χ3v) is 3.77. The Morgan fingerprint density at radius 2 is 2.12 bits per heavy atom. The van der Waals surface area contributed by atoms with Gasteiger partial charge in [0.05, 0.1) is 0 Å². The van der Waals surface area contributed by atoms with Crippen LogP contribution >= 0.6 is 23.4 Å². The Morgan fingerprint density at radius 3 is 2.62 bits per heavy atom. The molecule has 0 radical (unpaired) electrons. The third kappa shape index (κ3) is 4.33. The van der Waals surface area contributed by atoms with Crippen LogP contribution in [0.4, 0.5) is 0 Å². The van der Waals surface area contributed by atoms with Crippen molar-refractivity contribution in [3.63, 3.8) is 0 Å². The van der Waals surface area contributed by atoms with E-state index in [2.05, 4.69) is 12.1 Å². The topological polar surface area (TPSA) is 58.6 Å². The molecule has 0 heterocycles. The normalized spacial score (nSPS) is 13.8. The zero-order valence-electron chi connectivity index (χ0n) is 9.06. The van der Waals surface area contributed by atoms with E-state index in [1.54, 1.807) is 11.8 Å². The van der Waals surface area contributed by atoms with Crippen LogP contribution in [0.25, 0.3) is 0 Å². The van der Waals surface area contributed by atoms with Crippen molar-refractivity contribution in [3.05, 3.63) is 29.3 Å². The van der Waals surface area contributed by atoms with Gasteiger partial charge < -0.3 is 10.9 Å². The summed E-state index contributed by atoms with van der Waals surface area (Å²) < 4.78 is 0. The zero-order valence-corrected chi connectivity index (χ0v) is 10.6. The van der Waals surface area contributed by atoms with Gasteiger partial charge in [-0.05, 0) is 30.7 Å². The van der Waals surface area contributed by atoms with Crippen molar-refractivity contribution in [1.82, 2.24) is 0 Å². The summed E-state index contributed by atoms with van der Waals surface area (Å²) in [5, 5.41) is 12.6. The van der Waals surface area contributed by atoms with Crippen LogP contribution in [-0.4, -0.2) is 16.3 Å². The zero-order chi connectivity index (χ0) is 12.0. The van der Waals surface area contributed by atoms with E-state index < -0.39 is 0 Å². The number of hydrogen-bond donors (Lipinski definition) is 2. The first kappa shape index (κ1) is 13.2. The van der Waals surface area contributed by atoms with Gasteiger partial charge in [-0.25, -0.2) is 0 Å². The summed E-state index contributed by atoms with van der Waals surface area (Å²) in [4.78, 5) is 1.14. The van der Waals surface area contributed by atoms with Crippen molar-refractivity contribution in [3.8, 4) is 0 Å². The van der Waals surface area contributed by atoms with Crippen molar-refractivity contribution in [2.75, 3.05) is 0 Å². The fraction of sp³-hybridized carbons (Fsp3) is 0.364. The first-order chi connectivity index (χ1) is 7.65. The molecular weight excluding hydrogens is 244 g/mol. The van der Waals surface area contributed by atoms with Crippen molar-refractivity contribution in [1.29, 1.82) is 0 Å². The summed E-state index contributed by atoms with van der Waals surface area (Å²) in [5.41, 5.74) is 5.49. The molecule has 16 heavy (non-hydrogen) atoms. The van der Waals surface area contributed by atoms with Gasteiger partial charge in [-0.3, -0.25) is 0 Å². The molecule has 5 heteroatoms. The monoisotopic (exact) mass is 258 g/mol. The molecule has 3 N–H and O–H groups in total. The number of oxime groups is 1. The highest BCUT2D eigenvalue weighted by Gasteiger charge is 2.10. The summed E-state index contributed by atoms with van der Waals surface area (Å²) in [6.45, 7) is 2.08. The van der Waals surface area contributed by atoms with Crippen molar-refractivity contribution in [2.24, 2.45) is 10.9 Å². The van der Waals surface area contributed by atoms with E-state index >= 15 is 0 Å². The smallest absolute Gasteiger partial charge is 0.140 e. The highest BCUT2D eigenvalue weighted by molar-refractivity contribution is 8.00. The van der Waals surface area contributed by atoms with Gasteiger partial charge in [0.15, 0.2) is 0 Å². The molecule has 0 aliphatic carbocycles. The second kappa shape index (κ2) is 6.66. The summed E-state index contributed by atoms with van der Waals surface area (Å²) in [5.74, 6) is 0.272. The number of amidine groups is 1. The average molecular weight is 259 g/mol. The van der Waals surface area contributed by atoms with Crippen LogP contribution in [0.15, 0.2) is 34.3 Å². The van der Waals surface area contributed by atoms with Gasteiger partial charge in [-0.1, -0.05) is 23.7 Å². The Hall–Kier alpha value is -0.870. The van der Waals surface area contributed by atoms with Crippen molar-refractivity contribution >= 4 is 29.2 Å². The molecular formula is C11H15ClN2OS. The second-order valence-electron chi connectivity index (χ2n) is 3.40. The maximum Gasteiger partial charge on any atom is 0.140 e. The van der Waals surface area contributed by atoms with Crippen LogP contribution in [-0.2, 0) is 0 Å². The van der Waals surface area contributed by atoms with E-state index in [0.29, 0.717) is 11.7 Å². The first-order valence-corrected chi connectivity index (χ1v) is 6.30. The molecule has 0 aliphatic heterocycles. The lowest BCUT2D eigenvalue weighted by molar-refractivity contribution is 0.316. The Kier molecular flexibility index (Phi) is 5.49. The van der Waals surface area contributed by atoms with Gasteiger partial charge in [0.2, 0.25) is 0 Å². The lowest BCUT2D eigenvalue weighted by Gasteiger charge is -2.13. The molecule has 0 aliphatic rings. The fourth-order valence-electron chi connectivity index (χ4n) is 1.25. The van der Waals surface area contributed by atoms with Crippen LogP contribution in [0.3, 0.4) is 0 Å². The summed E-state index contributed by atoms with van der Waals surface area (Å²) in [6, 6.07) is 7.67. The number of halogens is 1. The van der Waals surface area contributed by atoms with Gasteiger partial charge in [0.25, 0.3) is 0 Å². The fourth-order valence-corrected chi connectivity index (χ4v) is 2.47. The van der Waals surface area contributed by atoms with E-state index in [9.17, 15) is 0 Å². The minimum Gasteiger partial charge on any atom is -0.409 e. The minimum atomic E-state index is 0.272. The van der Waals surface area contributed by atoms with Gasteiger partial charge in [-0.15, -0.1) is 11.8 Å². The number of nitrogens with zero attached hydrogens (tertiary/aromatic N) is 1. The van der Waals surface area contributed by atoms with Crippen LogP contribution in [0.1, 0.15) is 19.8 Å². The Morgan fingerprint density at radius 1 is 1.50 bits per heavy atom. The van der Waals surface area contributed by atoms with Crippen LogP contribution < -0.4 is 5.73 Å². The molecule has 0 fully saturated rings. The van der Waals surface area contributed by atoms with Crippen LogP contribution in [0.5, 0.6) is 0 Å². The molecule has 1 rings (SSSR count). The maximum absolute atomic E-state index is 8.52. The van der Waals surface area contributed by atoms with Crippen molar-refractivity contribution < 1.29 is 5.21 Å². The molecule has 0 saturated carbocycles. The Balaban J connectivity index is 2.59. The van der Waals surface area contributed by atoms with Gasteiger partial charge in [0, 0.05) is 21.6 Å². The molecule has 0 amide bonds. The standard InChI is InChI=1S/C11H15ClN2OS/c1-2-9(7-11(13)14-15)16-10-5-3-8(12)4-6-10/h3-6,9,15H,2,7H2,1H3,(H2,13,14). The van der Waals surface area contributed by atoms with Crippen LogP contribution in [0.2, 0.25) is 5.02 Å². The number of nitrogens with two attached hydrogens (primary N) is 1. The SMILES string of the molecule is CCC(C/C(N)=N/O)Sc1ccc(Cl)cc1. The third-order valence-electron chi connectivity index (χ3n) is 2.14. The molecule has 0 aromatic heterocycles.